The number of anilines is 1. The summed E-state index contributed by atoms with van der Waals surface area (Å²) in [5.41, 5.74) is 0. The van der Waals surface area contributed by atoms with E-state index in [1.165, 1.54) is 17.6 Å². The molecular formula is C14H18N4O3S2. The van der Waals surface area contributed by atoms with Crippen molar-refractivity contribution in [2.45, 2.75) is 31.2 Å². The standard InChI is InChI=1S/C14H18N4O3S2/c1-4-22-14-18-17-13(23-14)16-12(20)10(8(2)3)15-11(19)9-6-5-7-21-9/h5-8,10H,4H2,1-3H3,(H,15,19)(H,16,17,20)/t10-/m0/s1. The number of rotatable bonds is 7. The summed E-state index contributed by atoms with van der Waals surface area (Å²) < 4.78 is 5.83. The molecule has 0 aliphatic heterocycles. The van der Waals surface area contributed by atoms with Crippen molar-refractivity contribution in [3.05, 3.63) is 24.2 Å². The number of carbonyl (C=O) groups excluding carboxylic acids is 2. The van der Waals surface area contributed by atoms with Gasteiger partial charge in [-0.25, -0.2) is 0 Å². The van der Waals surface area contributed by atoms with Gasteiger partial charge in [0.2, 0.25) is 11.0 Å². The maximum Gasteiger partial charge on any atom is 0.287 e. The predicted octanol–water partition coefficient (Wildman–Crippen LogP) is 2.64. The molecule has 2 aromatic heterocycles. The molecular weight excluding hydrogens is 336 g/mol. The molecule has 9 heteroatoms. The number of hydrogen-bond acceptors (Lipinski definition) is 7. The van der Waals surface area contributed by atoms with Gasteiger partial charge in [-0.05, 0) is 23.8 Å². The Hall–Kier alpha value is -1.87. The maximum absolute atomic E-state index is 12.4. The quantitative estimate of drug-likeness (QED) is 0.586. The Labute approximate surface area is 142 Å². The molecule has 0 saturated carbocycles. The van der Waals surface area contributed by atoms with Crippen LogP contribution < -0.4 is 10.6 Å². The summed E-state index contributed by atoms with van der Waals surface area (Å²) in [5, 5.41) is 13.7. The van der Waals surface area contributed by atoms with Gasteiger partial charge in [0.1, 0.15) is 6.04 Å². The lowest BCUT2D eigenvalue weighted by Crippen LogP contribution is -2.47. The smallest absolute Gasteiger partial charge is 0.287 e. The zero-order valence-corrected chi connectivity index (χ0v) is 14.7. The number of hydrogen-bond donors (Lipinski definition) is 2. The number of amides is 2. The van der Waals surface area contributed by atoms with Gasteiger partial charge < -0.3 is 9.73 Å². The second-order valence-corrected chi connectivity index (χ2v) is 7.46. The van der Waals surface area contributed by atoms with E-state index in [1.807, 2.05) is 20.8 Å². The van der Waals surface area contributed by atoms with Crippen LogP contribution in [0.25, 0.3) is 0 Å². The Balaban J connectivity index is 2.01. The van der Waals surface area contributed by atoms with Gasteiger partial charge >= 0.3 is 0 Å². The number of thioether (sulfide) groups is 1. The monoisotopic (exact) mass is 354 g/mol. The molecule has 0 fully saturated rings. The first-order chi connectivity index (χ1) is 11.0. The van der Waals surface area contributed by atoms with Gasteiger partial charge in [0.25, 0.3) is 5.91 Å². The van der Waals surface area contributed by atoms with Gasteiger partial charge in [-0.1, -0.05) is 43.9 Å². The topological polar surface area (TPSA) is 97.1 Å². The fourth-order valence-corrected chi connectivity index (χ4v) is 3.43. The van der Waals surface area contributed by atoms with E-state index in [0.29, 0.717) is 5.13 Å². The minimum atomic E-state index is -0.696. The maximum atomic E-state index is 12.4. The summed E-state index contributed by atoms with van der Waals surface area (Å²) in [6.45, 7) is 5.72. The number of nitrogens with zero attached hydrogens (tertiary/aromatic N) is 2. The Morgan fingerprint density at radius 1 is 1.39 bits per heavy atom. The van der Waals surface area contributed by atoms with Crippen molar-refractivity contribution < 1.29 is 14.0 Å². The Morgan fingerprint density at radius 2 is 2.17 bits per heavy atom. The van der Waals surface area contributed by atoms with Gasteiger partial charge in [-0.15, -0.1) is 10.2 Å². The summed E-state index contributed by atoms with van der Waals surface area (Å²) in [4.78, 5) is 24.5. The molecule has 124 valence electrons. The zero-order chi connectivity index (χ0) is 16.8. The first-order valence-corrected chi connectivity index (χ1v) is 8.93. The highest BCUT2D eigenvalue weighted by Gasteiger charge is 2.26. The fraction of sp³-hybridized carbons (Fsp3) is 0.429. The van der Waals surface area contributed by atoms with Crippen LogP contribution in [0.15, 0.2) is 27.2 Å². The van der Waals surface area contributed by atoms with E-state index >= 15 is 0 Å². The Morgan fingerprint density at radius 3 is 2.78 bits per heavy atom. The molecule has 0 aliphatic rings. The molecule has 23 heavy (non-hydrogen) atoms. The largest absolute Gasteiger partial charge is 0.459 e. The molecule has 2 heterocycles. The van der Waals surface area contributed by atoms with Crippen molar-refractivity contribution in [2.75, 3.05) is 11.1 Å². The highest BCUT2D eigenvalue weighted by atomic mass is 32.2. The van der Waals surface area contributed by atoms with Crippen molar-refractivity contribution in [3.8, 4) is 0 Å². The van der Waals surface area contributed by atoms with Gasteiger partial charge in [0, 0.05) is 0 Å². The van der Waals surface area contributed by atoms with Crippen molar-refractivity contribution in [2.24, 2.45) is 5.92 Å². The second kappa shape index (κ2) is 8.11. The van der Waals surface area contributed by atoms with Crippen LogP contribution in [0.2, 0.25) is 0 Å². The second-order valence-electron chi connectivity index (χ2n) is 4.97. The van der Waals surface area contributed by atoms with Crippen molar-refractivity contribution in [1.82, 2.24) is 15.5 Å². The minimum absolute atomic E-state index is 0.0914. The molecule has 0 aliphatic carbocycles. The zero-order valence-electron chi connectivity index (χ0n) is 13.0. The molecule has 0 saturated heterocycles. The molecule has 7 nitrogen and oxygen atoms in total. The van der Waals surface area contributed by atoms with E-state index in [-0.39, 0.29) is 17.6 Å². The van der Waals surface area contributed by atoms with E-state index in [1.54, 1.807) is 23.9 Å². The summed E-state index contributed by atoms with van der Waals surface area (Å²) in [5.74, 6) is 0.205. The molecule has 0 unspecified atom stereocenters. The predicted molar refractivity (Wildman–Crippen MR) is 89.7 cm³/mol. The van der Waals surface area contributed by atoms with Gasteiger partial charge in [-0.2, -0.15) is 0 Å². The Bertz CT molecular complexity index is 655. The SMILES string of the molecule is CCSc1nnc(NC(=O)[C@@H](NC(=O)c2ccco2)C(C)C)s1. The molecule has 2 aromatic rings. The van der Waals surface area contributed by atoms with Crippen LogP contribution in [-0.2, 0) is 4.79 Å². The van der Waals surface area contributed by atoms with E-state index in [0.717, 1.165) is 10.1 Å². The highest BCUT2D eigenvalue weighted by molar-refractivity contribution is 8.01. The molecule has 0 spiro atoms. The average molecular weight is 354 g/mol. The van der Waals surface area contributed by atoms with Crippen LogP contribution in [-0.4, -0.2) is 33.8 Å². The number of nitrogens with one attached hydrogen (secondary N) is 2. The van der Waals surface area contributed by atoms with E-state index < -0.39 is 11.9 Å². The van der Waals surface area contributed by atoms with Crippen LogP contribution in [0.4, 0.5) is 5.13 Å². The summed E-state index contributed by atoms with van der Waals surface area (Å²) >= 11 is 2.87. The van der Waals surface area contributed by atoms with Crippen LogP contribution in [0.1, 0.15) is 31.3 Å². The third-order valence-corrected chi connectivity index (χ3v) is 4.74. The highest BCUT2D eigenvalue weighted by Crippen LogP contribution is 2.25. The lowest BCUT2D eigenvalue weighted by atomic mass is 10.0. The van der Waals surface area contributed by atoms with E-state index in [2.05, 4.69) is 20.8 Å². The van der Waals surface area contributed by atoms with Crippen LogP contribution >= 0.6 is 23.1 Å². The van der Waals surface area contributed by atoms with Crippen LogP contribution in [0.3, 0.4) is 0 Å². The number of aromatic nitrogens is 2. The van der Waals surface area contributed by atoms with Crippen LogP contribution in [0.5, 0.6) is 0 Å². The van der Waals surface area contributed by atoms with Crippen molar-refractivity contribution >= 4 is 40.0 Å². The van der Waals surface area contributed by atoms with Gasteiger partial charge in [0.15, 0.2) is 10.1 Å². The lowest BCUT2D eigenvalue weighted by Gasteiger charge is -2.20. The fourth-order valence-electron chi connectivity index (χ4n) is 1.78. The van der Waals surface area contributed by atoms with E-state index in [4.69, 9.17) is 4.42 Å². The average Bonchev–Trinajstić information content (AvgIpc) is 3.16. The molecule has 0 bridgehead atoms. The molecule has 0 radical (unpaired) electrons. The first kappa shape index (κ1) is 17.5. The van der Waals surface area contributed by atoms with Gasteiger partial charge in [-0.3, -0.25) is 14.9 Å². The molecule has 1 atom stereocenters. The Kier molecular flexibility index (Phi) is 6.17. The molecule has 2 amide bonds. The minimum Gasteiger partial charge on any atom is -0.459 e. The van der Waals surface area contributed by atoms with Crippen molar-refractivity contribution in [3.63, 3.8) is 0 Å². The van der Waals surface area contributed by atoms with Crippen molar-refractivity contribution in [1.29, 1.82) is 0 Å². The normalized spacial score (nSPS) is 12.2. The summed E-state index contributed by atoms with van der Waals surface area (Å²) in [6.07, 6.45) is 1.41. The van der Waals surface area contributed by atoms with E-state index in [9.17, 15) is 9.59 Å². The number of furan rings is 1. The molecule has 2 N–H and O–H groups in total. The van der Waals surface area contributed by atoms with Crippen LogP contribution in [0, 0.1) is 5.92 Å². The third-order valence-electron chi connectivity index (χ3n) is 2.89. The third kappa shape index (κ3) is 4.80. The molecule has 2 rings (SSSR count). The molecule has 0 aromatic carbocycles. The summed E-state index contributed by atoms with van der Waals surface area (Å²) in [7, 11) is 0. The lowest BCUT2D eigenvalue weighted by molar-refractivity contribution is -0.118. The first-order valence-electron chi connectivity index (χ1n) is 7.12. The van der Waals surface area contributed by atoms with Gasteiger partial charge in [0.05, 0.1) is 6.26 Å². The summed E-state index contributed by atoms with van der Waals surface area (Å²) in [6, 6.07) is 2.47. The number of carbonyl (C=O) groups is 2.